The van der Waals surface area contributed by atoms with E-state index in [1.807, 2.05) is 24.3 Å². The predicted molar refractivity (Wildman–Crippen MR) is 125 cm³/mol. The Labute approximate surface area is 195 Å². The summed E-state index contributed by atoms with van der Waals surface area (Å²) in [6.07, 6.45) is 2.87. The number of carbonyl (C=O) groups excluding carboxylic acids is 3. The first-order chi connectivity index (χ1) is 16.2. The molecule has 9 N–H and O–H groups in total. The van der Waals surface area contributed by atoms with Gasteiger partial charge >= 0.3 is 5.97 Å². The van der Waals surface area contributed by atoms with Gasteiger partial charge in [0.15, 0.2) is 5.96 Å². The molecule has 3 amide bonds. The molecule has 0 saturated carbocycles. The molecule has 182 valence electrons. The molecule has 3 unspecified atom stereocenters. The number of H-pyrrole nitrogens is 1. The highest BCUT2D eigenvalue weighted by Gasteiger charge is 2.32. The monoisotopic (exact) mass is 471 g/mol. The predicted octanol–water partition coefficient (Wildman–Crippen LogP) is -0.903. The molecule has 0 aliphatic carbocycles. The molecular weight excluding hydrogens is 442 g/mol. The second kappa shape index (κ2) is 11.2. The highest BCUT2D eigenvalue weighted by atomic mass is 16.4. The van der Waals surface area contributed by atoms with Crippen molar-refractivity contribution in [2.24, 2.45) is 16.5 Å². The molecule has 12 nitrogen and oxygen atoms in total. The average molecular weight is 472 g/mol. The highest BCUT2D eigenvalue weighted by Crippen LogP contribution is 2.19. The van der Waals surface area contributed by atoms with Crippen molar-refractivity contribution in [2.75, 3.05) is 6.54 Å². The van der Waals surface area contributed by atoms with Crippen LogP contribution in [0.15, 0.2) is 35.5 Å². The first-order valence-electron chi connectivity index (χ1n) is 11.0. The van der Waals surface area contributed by atoms with E-state index in [1.165, 1.54) is 0 Å². The molecule has 3 rings (SSSR count). The van der Waals surface area contributed by atoms with Crippen molar-refractivity contribution in [3.8, 4) is 0 Å². The number of para-hydroxylation sites is 1. The van der Waals surface area contributed by atoms with Gasteiger partial charge in [-0.2, -0.15) is 0 Å². The lowest BCUT2D eigenvalue weighted by Crippen LogP contribution is -2.55. The molecule has 1 fully saturated rings. The van der Waals surface area contributed by atoms with Gasteiger partial charge in [0.05, 0.1) is 0 Å². The summed E-state index contributed by atoms with van der Waals surface area (Å²) in [7, 11) is 0. The molecule has 1 aliphatic heterocycles. The second-order valence-corrected chi connectivity index (χ2v) is 8.13. The van der Waals surface area contributed by atoms with Gasteiger partial charge < -0.3 is 37.5 Å². The van der Waals surface area contributed by atoms with Crippen LogP contribution in [-0.2, 0) is 25.6 Å². The third-order valence-electron chi connectivity index (χ3n) is 5.60. The number of nitrogens with two attached hydrogens (primary N) is 2. The summed E-state index contributed by atoms with van der Waals surface area (Å²) in [5.74, 6) is -2.68. The maximum absolute atomic E-state index is 13.1. The number of hydrogen-bond acceptors (Lipinski definition) is 5. The van der Waals surface area contributed by atoms with Gasteiger partial charge in [-0.3, -0.25) is 19.4 Å². The van der Waals surface area contributed by atoms with Crippen LogP contribution in [0.3, 0.4) is 0 Å². The number of guanidine groups is 1. The molecule has 1 aromatic carbocycles. The molecule has 12 heteroatoms. The standard InChI is InChI=1S/C22H29N7O5/c23-22(24)25-9-3-6-16(21(33)34)28-20(32)17(29-19(31)15-7-8-18(30)27-15)10-12-11-26-14-5-2-1-4-13(12)14/h1-2,4-5,11,15-17,26H,3,6-10H2,(H,27,30)(H,28,32)(H,29,31)(H,33,34)(H4,23,24,25). The number of aromatic amines is 1. The van der Waals surface area contributed by atoms with Crippen LogP contribution in [0.5, 0.6) is 0 Å². The van der Waals surface area contributed by atoms with E-state index in [-0.39, 0.29) is 37.7 Å². The number of nitrogens with one attached hydrogen (secondary N) is 4. The van der Waals surface area contributed by atoms with Crippen LogP contribution in [0.4, 0.5) is 0 Å². The first-order valence-corrected chi connectivity index (χ1v) is 11.0. The number of aromatic nitrogens is 1. The molecule has 2 aromatic rings. The van der Waals surface area contributed by atoms with Crippen molar-refractivity contribution in [3.63, 3.8) is 0 Å². The van der Waals surface area contributed by atoms with Crippen LogP contribution in [0.2, 0.25) is 0 Å². The molecule has 0 radical (unpaired) electrons. The second-order valence-electron chi connectivity index (χ2n) is 8.13. The zero-order valence-electron chi connectivity index (χ0n) is 18.5. The van der Waals surface area contributed by atoms with Crippen molar-refractivity contribution in [2.45, 2.75) is 50.2 Å². The summed E-state index contributed by atoms with van der Waals surface area (Å²) >= 11 is 0. The highest BCUT2D eigenvalue weighted by molar-refractivity contribution is 5.95. The van der Waals surface area contributed by atoms with Gasteiger partial charge in [0, 0.05) is 36.5 Å². The molecule has 34 heavy (non-hydrogen) atoms. The molecule has 2 heterocycles. The third-order valence-corrected chi connectivity index (χ3v) is 5.60. The summed E-state index contributed by atoms with van der Waals surface area (Å²) in [4.78, 5) is 56.0. The largest absolute Gasteiger partial charge is 0.480 e. The van der Waals surface area contributed by atoms with Crippen molar-refractivity contribution in [1.82, 2.24) is 20.9 Å². The van der Waals surface area contributed by atoms with E-state index in [1.54, 1.807) is 6.20 Å². The van der Waals surface area contributed by atoms with E-state index in [2.05, 4.69) is 25.9 Å². The van der Waals surface area contributed by atoms with Gasteiger partial charge in [0.1, 0.15) is 18.1 Å². The Morgan fingerprint density at radius 3 is 2.62 bits per heavy atom. The first kappa shape index (κ1) is 24.6. The van der Waals surface area contributed by atoms with Gasteiger partial charge in [0.25, 0.3) is 0 Å². The van der Waals surface area contributed by atoms with Crippen molar-refractivity contribution in [3.05, 3.63) is 36.0 Å². The fraction of sp³-hybridized carbons (Fsp3) is 0.409. The van der Waals surface area contributed by atoms with Gasteiger partial charge in [-0.25, -0.2) is 4.79 Å². The number of carboxylic acid groups (broad SMARTS) is 1. The van der Waals surface area contributed by atoms with Crippen LogP contribution in [-0.4, -0.2) is 64.4 Å². The van der Waals surface area contributed by atoms with Crippen LogP contribution < -0.4 is 27.4 Å². The quantitative estimate of drug-likeness (QED) is 0.125. The minimum absolute atomic E-state index is 0.101. The number of benzene rings is 1. The fourth-order valence-electron chi connectivity index (χ4n) is 3.85. The molecule has 1 aliphatic rings. The van der Waals surface area contributed by atoms with Crippen LogP contribution in [0.1, 0.15) is 31.2 Å². The zero-order chi connectivity index (χ0) is 24.7. The van der Waals surface area contributed by atoms with Crippen molar-refractivity contribution < 1.29 is 24.3 Å². The van der Waals surface area contributed by atoms with E-state index in [0.717, 1.165) is 16.5 Å². The smallest absolute Gasteiger partial charge is 0.326 e. The summed E-state index contributed by atoms with van der Waals surface area (Å²) < 4.78 is 0. The van der Waals surface area contributed by atoms with Gasteiger partial charge in [-0.05, 0) is 30.9 Å². The number of amides is 3. The lowest BCUT2D eigenvalue weighted by Gasteiger charge is -2.23. The normalized spacial score (nSPS) is 16.9. The zero-order valence-corrected chi connectivity index (χ0v) is 18.5. The molecule has 0 spiro atoms. The lowest BCUT2D eigenvalue weighted by atomic mass is 10.0. The van der Waals surface area contributed by atoms with E-state index in [9.17, 15) is 24.3 Å². The Bertz CT molecular complexity index is 1090. The summed E-state index contributed by atoms with van der Waals surface area (Å²) in [6.45, 7) is 0.221. The van der Waals surface area contributed by atoms with Crippen molar-refractivity contribution in [1.29, 1.82) is 0 Å². The number of fused-ring (bicyclic) bond motifs is 1. The van der Waals surface area contributed by atoms with Gasteiger partial charge in [-0.15, -0.1) is 0 Å². The number of rotatable bonds is 11. The average Bonchev–Trinajstić information content (AvgIpc) is 3.41. The Morgan fingerprint density at radius 1 is 1.18 bits per heavy atom. The summed E-state index contributed by atoms with van der Waals surface area (Å²) in [6, 6.07) is 4.53. The van der Waals surface area contributed by atoms with Crippen LogP contribution >= 0.6 is 0 Å². The number of carbonyl (C=O) groups is 4. The topological polar surface area (TPSA) is 205 Å². The van der Waals surface area contributed by atoms with E-state index < -0.39 is 35.9 Å². The number of nitrogens with zero attached hydrogens (tertiary/aromatic N) is 1. The van der Waals surface area contributed by atoms with Gasteiger partial charge in [-0.1, -0.05) is 18.2 Å². The van der Waals surface area contributed by atoms with E-state index in [4.69, 9.17) is 11.5 Å². The van der Waals surface area contributed by atoms with E-state index in [0.29, 0.717) is 12.8 Å². The molecule has 1 saturated heterocycles. The SMILES string of the molecule is NC(N)=NCCCC(NC(=O)C(Cc1c[nH]c2ccccc12)NC(=O)C1CCC(=O)N1)C(=O)O. The molecule has 0 bridgehead atoms. The Morgan fingerprint density at radius 2 is 1.94 bits per heavy atom. The van der Waals surface area contributed by atoms with Gasteiger partial charge in [0.2, 0.25) is 17.7 Å². The molecule has 1 aromatic heterocycles. The Hall–Kier alpha value is -4.09. The Kier molecular flexibility index (Phi) is 8.06. The lowest BCUT2D eigenvalue weighted by molar-refractivity contribution is -0.142. The Balaban J connectivity index is 1.74. The maximum Gasteiger partial charge on any atom is 0.326 e. The number of carboxylic acids is 1. The van der Waals surface area contributed by atoms with Crippen molar-refractivity contribution >= 4 is 40.6 Å². The number of aliphatic carboxylic acids is 1. The van der Waals surface area contributed by atoms with Crippen LogP contribution in [0, 0.1) is 0 Å². The maximum atomic E-state index is 13.1. The third kappa shape index (κ3) is 6.47. The van der Waals surface area contributed by atoms with Crippen LogP contribution in [0.25, 0.3) is 10.9 Å². The fourth-order valence-corrected chi connectivity index (χ4v) is 3.85. The minimum Gasteiger partial charge on any atom is -0.480 e. The minimum atomic E-state index is -1.21. The molecule has 3 atom stereocenters. The molecular formula is C22H29N7O5. The summed E-state index contributed by atoms with van der Waals surface area (Å²) in [5.41, 5.74) is 12.2. The number of hydrogen-bond donors (Lipinski definition) is 7. The number of aliphatic imine (C=N–C) groups is 1. The summed E-state index contributed by atoms with van der Waals surface area (Å²) in [5, 5.41) is 18.2. The van der Waals surface area contributed by atoms with E-state index >= 15 is 0 Å².